The summed E-state index contributed by atoms with van der Waals surface area (Å²) in [5.74, 6) is 0.127. The van der Waals surface area contributed by atoms with Gasteiger partial charge in [0, 0.05) is 5.69 Å². The van der Waals surface area contributed by atoms with E-state index in [1.807, 2.05) is 6.07 Å². The van der Waals surface area contributed by atoms with E-state index in [1.54, 1.807) is 25.1 Å². The van der Waals surface area contributed by atoms with Crippen LogP contribution >= 0.6 is 0 Å². The van der Waals surface area contributed by atoms with E-state index in [0.717, 1.165) is 36.1 Å². The predicted octanol–water partition coefficient (Wildman–Crippen LogP) is 1.63. The number of nitrogens with two attached hydrogens (primary N) is 1. The quantitative estimate of drug-likeness (QED) is 0.563. The Kier molecular flexibility index (Phi) is 6.18. The third kappa shape index (κ3) is 5.02. The number of benzene rings is 1. The fourth-order valence-corrected chi connectivity index (χ4v) is 4.43. The molecule has 1 unspecified atom stereocenters. The van der Waals surface area contributed by atoms with Crippen molar-refractivity contribution in [2.75, 3.05) is 12.3 Å². The average molecular weight is 426 g/mol. The van der Waals surface area contributed by atoms with Gasteiger partial charge in [-0.15, -0.1) is 0 Å². The second-order valence-corrected chi connectivity index (χ2v) is 8.50. The highest BCUT2D eigenvalue weighted by Gasteiger charge is 2.32. The number of amides is 2. The molecule has 7 nitrogen and oxygen atoms in total. The number of hydrogen-bond donors (Lipinski definition) is 4. The van der Waals surface area contributed by atoms with Gasteiger partial charge in [0.1, 0.15) is 17.7 Å². The van der Waals surface area contributed by atoms with Gasteiger partial charge in [0.25, 0.3) is 0 Å². The molecule has 0 bridgehead atoms. The van der Waals surface area contributed by atoms with E-state index in [2.05, 4.69) is 20.9 Å². The monoisotopic (exact) mass is 425 g/mol. The molecule has 4 rings (SSSR count). The molecule has 1 aliphatic carbocycles. The number of aryl methyl sites for hydroxylation is 1. The predicted molar refractivity (Wildman–Crippen MR) is 115 cm³/mol. The highest BCUT2D eigenvalue weighted by atomic mass is 19.1. The van der Waals surface area contributed by atoms with Gasteiger partial charge >= 0.3 is 0 Å². The maximum absolute atomic E-state index is 13.1. The number of carbonyl (C=O) groups is 2. The smallest absolute Gasteiger partial charge is 0.242 e. The van der Waals surface area contributed by atoms with E-state index in [4.69, 9.17) is 5.73 Å². The summed E-state index contributed by atoms with van der Waals surface area (Å²) in [6.07, 6.45) is 3.01. The lowest BCUT2D eigenvalue weighted by Gasteiger charge is -2.20. The van der Waals surface area contributed by atoms with E-state index in [-0.39, 0.29) is 29.7 Å². The maximum atomic E-state index is 13.1. The minimum absolute atomic E-state index is 0.111. The van der Waals surface area contributed by atoms with Crippen LogP contribution in [0.2, 0.25) is 0 Å². The Morgan fingerprint density at radius 1 is 1.26 bits per heavy atom. The van der Waals surface area contributed by atoms with E-state index >= 15 is 0 Å². The summed E-state index contributed by atoms with van der Waals surface area (Å²) in [5.41, 5.74) is 8.69. The Bertz CT molecular complexity index is 965. The Balaban J connectivity index is 1.26. The number of rotatable bonds is 6. The first-order valence-corrected chi connectivity index (χ1v) is 10.7. The van der Waals surface area contributed by atoms with E-state index in [9.17, 15) is 14.0 Å². The van der Waals surface area contributed by atoms with Crippen molar-refractivity contribution < 1.29 is 14.0 Å². The molecule has 1 fully saturated rings. The van der Waals surface area contributed by atoms with Crippen molar-refractivity contribution in [2.24, 2.45) is 5.92 Å². The van der Waals surface area contributed by atoms with Crippen LogP contribution < -0.4 is 21.7 Å². The van der Waals surface area contributed by atoms with Crippen LogP contribution in [0, 0.1) is 11.7 Å². The van der Waals surface area contributed by atoms with Gasteiger partial charge in [-0.2, -0.15) is 0 Å². The van der Waals surface area contributed by atoms with Crippen LogP contribution in [0.15, 0.2) is 36.4 Å². The van der Waals surface area contributed by atoms with Crippen molar-refractivity contribution in [2.45, 2.75) is 50.7 Å². The number of anilines is 1. The molecule has 31 heavy (non-hydrogen) atoms. The molecule has 1 aliphatic heterocycles. The van der Waals surface area contributed by atoms with Crippen LogP contribution in [0.25, 0.3) is 0 Å². The molecule has 0 spiro atoms. The molecule has 0 radical (unpaired) electrons. The fourth-order valence-electron chi connectivity index (χ4n) is 4.43. The third-order valence-corrected chi connectivity index (χ3v) is 6.12. The van der Waals surface area contributed by atoms with Gasteiger partial charge in [-0.1, -0.05) is 18.2 Å². The Morgan fingerprint density at radius 2 is 2.03 bits per heavy atom. The number of carbonyl (C=O) groups excluding carboxylic acids is 2. The van der Waals surface area contributed by atoms with Gasteiger partial charge in [-0.25, -0.2) is 9.37 Å². The standard InChI is InChI=1S/C23H28FN5O2/c1-13(22(30)29-19-8-7-18-17(19)6-9-21(25)28-18)27-23(31)20-11-15(12-26-20)10-14-2-4-16(24)5-3-14/h2-6,9,13,15,19-20,26H,7-8,10-12H2,1H3,(H2,25,28)(H,27,31)(H,29,30)/t13-,15-,19?,20+/m0/s1. The van der Waals surface area contributed by atoms with Crippen LogP contribution in [-0.4, -0.2) is 35.4 Å². The SMILES string of the molecule is C[C@H](NC(=O)[C@H]1C[C@H](Cc2ccc(F)cc2)CN1)C(=O)NC1CCc2nc(N)ccc21. The van der Waals surface area contributed by atoms with Gasteiger partial charge in [0.05, 0.1) is 12.1 Å². The molecule has 2 heterocycles. The molecule has 5 N–H and O–H groups in total. The lowest BCUT2D eigenvalue weighted by molar-refractivity contribution is -0.129. The van der Waals surface area contributed by atoms with Crippen molar-refractivity contribution in [1.82, 2.24) is 20.9 Å². The number of nitrogens with zero attached hydrogens (tertiary/aromatic N) is 1. The summed E-state index contributed by atoms with van der Waals surface area (Å²) in [4.78, 5) is 29.6. The number of pyridine rings is 1. The summed E-state index contributed by atoms with van der Waals surface area (Å²) in [5, 5.41) is 9.07. The normalized spacial score (nSPS) is 23.2. The topological polar surface area (TPSA) is 109 Å². The Labute approximate surface area is 181 Å². The van der Waals surface area contributed by atoms with Gasteiger partial charge in [0.15, 0.2) is 0 Å². The molecule has 2 aromatic rings. The molecule has 2 amide bonds. The van der Waals surface area contributed by atoms with Crippen LogP contribution in [0.3, 0.4) is 0 Å². The molecule has 8 heteroatoms. The molecule has 1 aromatic heterocycles. The molecule has 164 valence electrons. The lowest BCUT2D eigenvalue weighted by atomic mass is 9.96. The van der Waals surface area contributed by atoms with E-state index in [0.29, 0.717) is 24.7 Å². The molecular weight excluding hydrogens is 397 g/mol. The van der Waals surface area contributed by atoms with Gasteiger partial charge in [-0.05, 0) is 74.4 Å². The van der Waals surface area contributed by atoms with Crippen molar-refractivity contribution >= 4 is 17.6 Å². The molecular formula is C23H28FN5O2. The van der Waals surface area contributed by atoms with Crippen molar-refractivity contribution in [3.63, 3.8) is 0 Å². The largest absolute Gasteiger partial charge is 0.384 e. The minimum atomic E-state index is -0.642. The number of halogens is 1. The van der Waals surface area contributed by atoms with E-state index in [1.165, 1.54) is 12.1 Å². The summed E-state index contributed by atoms with van der Waals surface area (Å²) < 4.78 is 13.1. The molecule has 4 atom stereocenters. The van der Waals surface area contributed by atoms with Crippen molar-refractivity contribution in [3.8, 4) is 0 Å². The van der Waals surface area contributed by atoms with Crippen LogP contribution in [-0.2, 0) is 22.4 Å². The lowest BCUT2D eigenvalue weighted by Crippen LogP contribution is -2.50. The average Bonchev–Trinajstić information content (AvgIpc) is 3.36. The number of nitrogen functional groups attached to an aromatic ring is 1. The zero-order valence-corrected chi connectivity index (χ0v) is 17.5. The molecule has 0 saturated carbocycles. The number of nitrogens with one attached hydrogen (secondary N) is 3. The van der Waals surface area contributed by atoms with Crippen LogP contribution in [0.1, 0.15) is 42.6 Å². The first-order chi connectivity index (χ1) is 14.9. The highest BCUT2D eigenvalue weighted by Crippen LogP contribution is 2.30. The number of hydrogen-bond acceptors (Lipinski definition) is 5. The summed E-state index contributed by atoms with van der Waals surface area (Å²) >= 11 is 0. The zero-order chi connectivity index (χ0) is 22.0. The second kappa shape index (κ2) is 9.01. The molecule has 1 saturated heterocycles. The summed E-state index contributed by atoms with van der Waals surface area (Å²) in [7, 11) is 0. The third-order valence-electron chi connectivity index (χ3n) is 6.12. The van der Waals surface area contributed by atoms with Crippen LogP contribution in [0.5, 0.6) is 0 Å². The maximum Gasteiger partial charge on any atom is 0.242 e. The summed E-state index contributed by atoms with van der Waals surface area (Å²) in [6, 6.07) is 9.02. The number of aromatic nitrogens is 1. The van der Waals surface area contributed by atoms with Gasteiger partial charge < -0.3 is 21.7 Å². The Morgan fingerprint density at radius 3 is 2.81 bits per heavy atom. The molecule has 2 aliphatic rings. The van der Waals surface area contributed by atoms with Gasteiger partial charge in [0.2, 0.25) is 11.8 Å². The summed E-state index contributed by atoms with van der Waals surface area (Å²) in [6.45, 7) is 2.40. The highest BCUT2D eigenvalue weighted by molar-refractivity contribution is 5.89. The first kappa shape index (κ1) is 21.2. The first-order valence-electron chi connectivity index (χ1n) is 10.7. The second-order valence-electron chi connectivity index (χ2n) is 8.50. The fraction of sp³-hybridized carbons (Fsp3) is 0.435. The van der Waals surface area contributed by atoms with Gasteiger partial charge in [-0.3, -0.25) is 9.59 Å². The Hall–Kier alpha value is -3.00. The van der Waals surface area contributed by atoms with Crippen LogP contribution in [0.4, 0.5) is 10.2 Å². The van der Waals surface area contributed by atoms with Crippen molar-refractivity contribution in [1.29, 1.82) is 0 Å². The zero-order valence-electron chi connectivity index (χ0n) is 17.5. The van der Waals surface area contributed by atoms with Crippen molar-refractivity contribution in [3.05, 3.63) is 59.0 Å². The molecule has 1 aromatic carbocycles. The number of fused-ring (bicyclic) bond motifs is 1. The minimum Gasteiger partial charge on any atom is -0.384 e. The van der Waals surface area contributed by atoms with E-state index < -0.39 is 6.04 Å².